The van der Waals surface area contributed by atoms with E-state index in [4.69, 9.17) is 84.2 Å². The van der Waals surface area contributed by atoms with Crippen LogP contribution in [0.25, 0.3) is 22.3 Å². The summed E-state index contributed by atoms with van der Waals surface area (Å²) >= 11 is 20.9. The maximum absolute atomic E-state index is 16.7. The van der Waals surface area contributed by atoms with Crippen molar-refractivity contribution >= 4 is 106 Å². The summed E-state index contributed by atoms with van der Waals surface area (Å²) in [5.74, 6) is -23.4. The number of phenols is 3. The lowest BCUT2D eigenvalue weighted by Crippen LogP contribution is -2.65. The van der Waals surface area contributed by atoms with Crippen LogP contribution in [0.5, 0.6) is 46.0 Å². The van der Waals surface area contributed by atoms with Crippen molar-refractivity contribution < 1.29 is 157 Å². The Bertz CT molecular complexity index is 5890. The lowest BCUT2D eigenvalue weighted by Gasteiger charge is -2.48. The number of nitrogens with two attached hydrogens (primary N) is 2. The molecular formula is C94H106Cl3N11O32. The molecule has 0 saturated carbocycles. The highest BCUT2D eigenvalue weighted by atomic mass is 35.5. The number of carbonyl (C=O) groups excluding carboxylic acids is 9. The topological polar surface area (TPSA) is 664 Å². The molecule has 11 bridgehead atoms. The van der Waals surface area contributed by atoms with Crippen molar-refractivity contribution in [3.63, 3.8) is 0 Å². The molecule has 0 spiro atoms. The van der Waals surface area contributed by atoms with Crippen LogP contribution >= 0.6 is 34.8 Å². The Morgan fingerprint density at radius 2 is 1.18 bits per heavy atom. The van der Waals surface area contributed by atoms with Gasteiger partial charge in [-0.1, -0.05) is 103 Å². The Morgan fingerprint density at radius 1 is 0.607 bits per heavy atom. The van der Waals surface area contributed by atoms with Crippen LogP contribution in [0.3, 0.4) is 0 Å². The molecule has 43 nitrogen and oxygen atoms in total. The average Bonchev–Trinajstić information content (AvgIpc) is 0.760. The van der Waals surface area contributed by atoms with Gasteiger partial charge in [0.05, 0.1) is 47.5 Å². The van der Waals surface area contributed by atoms with Gasteiger partial charge in [-0.2, -0.15) is 0 Å². The van der Waals surface area contributed by atoms with E-state index in [1.165, 1.54) is 26.8 Å². The summed E-state index contributed by atoms with van der Waals surface area (Å²) in [7, 11) is 1.13. The Kier molecular flexibility index (Phi) is 32.6. The number of benzene rings is 7. The van der Waals surface area contributed by atoms with Crippen LogP contribution in [0.4, 0.5) is 0 Å². The molecule has 0 unspecified atom stereocenters. The lowest BCUT2D eigenvalue weighted by atomic mass is 9.84. The number of carboxylic acid groups (broad SMARTS) is 3. The molecule has 0 radical (unpaired) electrons. The van der Waals surface area contributed by atoms with Crippen molar-refractivity contribution in [2.24, 2.45) is 17.4 Å². The largest absolute Gasteiger partial charge is 0.508 e. The minimum Gasteiger partial charge on any atom is -0.508 e. The number of aromatic hydroxyl groups is 3. The van der Waals surface area contributed by atoms with E-state index < -0.39 is 340 Å². The van der Waals surface area contributed by atoms with Crippen LogP contribution in [0.2, 0.25) is 15.1 Å². The van der Waals surface area contributed by atoms with Gasteiger partial charge >= 0.3 is 17.9 Å². The Balaban J connectivity index is 0.996. The average molecular weight is 2010 g/mol. The molecule has 750 valence electrons. The second-order valence-electron chi connectivity index (χ2n) is 35.9. The zero-order valence-electron chi connectivity index (χ0n) is 76.0. The predicted octanol–water partition coefficient (Wildman–Crippen LogP) is 3.51. The summed E-state index contributed by atoms with van der Waals surface area (Å²) in [6.07, 6.45) is -26.1. The number of rotatable bonds is 26. The number of hydrogen-bond donors (Lipinski definition) is 21. The number of carbonyl (C=O) groups is 12. The van der Waals surface area contributed by atoms with E-state index in [-0.39, 0.29) is 30.5 Å². The Hall–Kier alpha value is -12.7. The Labute approximate surface area is 813 Å². The van der Waals surface area contributed by atoms with Gasteiger partial charge in [-0.25, -0.2) is 4.79 Å². The summed E-state index contributed by atoms with van der Waals surface area (Å²) in [5, 5.41) is 154. The predicted molar refractivity (Wildman–Crippen MR) is 490 cm³/mol. The second-order valence-corrected chi connectivity index (χ2v) is 37.2. The number of aliphatic hydroxyl groups is 6. The maximum atomic E-state index is 16.7. The molecule has 23 N–H and O–H groups in total. The van der Waals surface area contributed by atoms with Gasteiger partial charge in [-0.3, -0.25) is 52.7 Å². The van der Waals surface area contributed by atoms with E-state index in [2.05, 4.69) is 37.2 Å². The van der Waals surface area contributed by atoms with Gasteiger partial charge in [-0.05, 0) is 146 Å². The van der Waals surface area contributed by atoms with Crippen LogP contribution in [-0.4, -0.2) is 272 Å². The third kappa shape index (κ3) is 23.8. The first kappa shape index (κ1) is 105. The fourth-order valence-electron chi connectivity index (χ4n) is 17.5. The number of halogens is 3. The summed E-state index contributed by atoms with van der Waals surface area (Å²) < 4.78 is 52.9. The van der Waals surface area contributed by atoms with E-state index in [0.29, 0.717) is 9.92 Å². The molecular weight excluding hydrogens is 1900 g/mol. The third-order valence-corrected chi connectivity index (χ3v) is 25.8. The Morgan fingerprint density at radius 3 is 1.77 bits per heavy atom. The number of aliphatic hydroxyl groups excluding tert-OH is 6. The van der Waals surface area contributed by atoms with Gasteiger partial charge in [-0.15, -0.1) is 0 Å². The van der Waals surface area contributed by atoms with Gasteiger partial charge in [0.15, 0.2) is 36.2 Å². The SMILES string of the molecule is CC(C)C[C@H](C(=O)N[C@H]1C(=O)N[C@@H](CC(N)=O)C(=O)N[C@H]2C(=O)N[C@H]3C(=O)N[C@H](C(=O)N[C@H](C(=O)O)c4cc(O)cc(O)c4-c4cc3ccc4O)[C@H](O[C@H]3C[C@](C)(N)[C@@H](O)[C@H](C)O3)c3ccc(c(Cl)c3)Oc3cc2cc(c3O[C@@H]2O[C@H](CO)[C@@H](O)[C@H](O)[C@H]2O[C@H]2C[C@](C)(NCc3ccc(-c4ccc(Cl)cc4)cc3)[C@@H](O)[C@H](C)O2)Oc2ccc(cc2Cl)[C@H]1O)N(C)C(=O)CCC(=O)N(CC(=O)O)CC(=O)O. The molecule has 7 aromatic carbocycles. The highest BCUT2D eigenvalue weighted by Gasteiger charge is 2.54. The number of likely N-dealkylation sites (N-methyl/N-ethyl adjacent to an activating group) is 1. The fraction of sp³-hybridized carbons (Fsp3) is 0.426. The van der Waals surface area contributed by atoms with E-state index >= 15 is 28.8 Å². The van der Waals surface area contributed by atoms with Gasteiger partial charge in [0.2, 0.25) is 65.2 Å². The number of fused-ring (bicyclic) bond motifs is 15. The number of nitrogens with zero attached hydrogens (tertiary/aromatic N) is 2. The molecule has 8 aliphatic rings. The first-order chi connectivity index (χ1) is 66.1. The molecule has 3 fully saturated rings. The van der Waals surface area contributed by atoms with Crippen molar-refractivity contribution in [1.29, 1.82) is 0 Å². The summed E-state index contributed by atoms with van der Waals surface area (Å²) in [6.45, 7) is 6.34. The van der Waals surface area contributed by atoms with Crippen LogP contribution < -0.4 is 62.9 Å². The van der Waals surface area contributed by atoms with Crippen LogP contribution in [-0.2, 0) is 87.8 Å². The minimum absolute atomic E-state index is 0.153. The molecule has 140 heavy (non-hydrogen) atoms. The van der Waals surface area contributed by atoms with Gasteiger partial charge in [0.1, 0.15) is 109 Å². The first-order valence-electron chi connectivity index (χ1n) is 44.2. The van der Waals surface area contributed by atoms with Crippen LogP contribution in [0.1, 0.15) is 144 Å². The van der Waals surface area contributed by atoms with Gasteiger partial charge in [0.25, 0.3) is 0 Å². The van der Waals surface area contributed by atoms with E-state index in [1.807, 2.05) is 36.4 Å². The fourth-order valence-corrected chi connectivity index (χ4v) is 18.1. The number of primary amides is 1. The standard InChI is InChI=1S/C94H106Cl3N11O32/c1-39(2)24-56(107(7)65(114)22-23-66(115)108(36-67(116)117)37-68(118)119)86(126)105-75-77(120)46-15-20-59(53(96)26-46)135-61-28-48-29-62(81(61)140-92-82(79(122)78(121)63(38-109)137-92)139-70-34-94(6,84(124)41(4)134-70)100-35-42-8-10-43(11-9-42)44-12-17-49(95)18-13-44)136-60-21-16-47(27-54(60)97)80(138-69-33-93(5,99)83(123)40(3)133-69)76-90(130)104-74(91(131)132)52-30-50(110)31-58(112)71(52)51-25-45(14-19-57(51)111)72(87(127)106-76)103-88(128)73(48)102-85(125)55(32-64(98)113)101-89(75)129/h8-21,25-31,39-41,55-56,63,69-70,72-80,82-84,92,100,109-112,120-124H,22-24,32-38,99H2,1-7H3,(H2,98,113)(H,101,129)(H,102,125)(H,103,128)(H,104,130)(H,105,126)(H,106,127)(H,116,117)(H,118,119)(H,131,132)/t40-,41-,55-,56+,63+,69-,70-,72+,73+,74-,75+,76-,77+,78+,79-,80+,82+,83-,84-,92-,93-,94-/m0/s1. The third-order valence-electron chi connectivity index (χ3n) is 25.0. The molecule has 7 aromatic rings. The van der Waals surface area contributed by atoms with Gasteiger partial charge < -0.3 is 158 Å². The molecule has 3 saturated heterocycles. The minimum atomic E-state index is -2.52. The number of nitrogens with one attached hydrogen (secondary N) is 7. The first-order valence-corrected chi connectivity index (χ1v) is 45.4. The monoisotopic (exact) mass is 2010 g/mol. The summed E-state index contributed by atoms with van der Waals surface area (Å²) in [6, 6.07) is 12.1. The number of hydrogen-bond acceptors (Lipinski definition) is 31. The van der Waals surface area contributed by atoms with Crippen LogP contribution in [0.15, 0.2) is 127 Å². The number of amides is 9. The van der Waals surface area contributed by atoms with Crippen molar-refractivity contribution in [2.45, 2.75) is 220 Å². The van der Waals surface area contributed by atoms with E-state index in [9.17, 15) is 90.0 Å². The van der Waals surface area contributed by atoms with Gasteiger partial charge in [0, 0.05) is 78.1 Å². The maximum Gasteiger partial charge on any atom is 0.330 e. The summed E-state index contributed by atoms with van der Waals surface area (Å²) in [5.41, 5.74) is 8.94. The van der Waals surface area contributed by atoms with Crippen LogP contribution in [0, 0.1) is 5.92 Å². The van der Waals surface area contributed by atoms with Crippen molar-refractivity contribution in [1.82, 2.24) is 47.0 Å². The molecule has 15 rings (SSSR count). The van der Waals surface area contributed by atoms with E-state index in [1.54, 1.807) is 32.9 Å². The quantitative estimate of drug-likeness (QED) is 0.0369. The smallest absolute Gasteiger partial charge is 0.330 e. The van der Waals surface area contributed by atoms with Crippen molar-refractivity contribution in [2.75, 3.05) is 26.7 Å². The number of carboxylic acids is 3. The molecule has 8 aliphatic heterocycles. The lowest BCUT2D eigenvalue weighted by molar-refractivity contribution is -0.334. The number of aliphatic carboxylic acids is 3. The molecule has 46 heteroatoms. The molecule has 8 heterocycles. The van der Waals surface area contributed by atoms with Crippen molar-refractivity contribution in [3.8, 4) is 68.2 Å². The zero-order valence-corrected chi connectivity index (χ0v) is 78.3. The highest BCUT2D eigenvalue weighted by Crippen LogP contribution is 2.51. The van der Waals surface area contributed by atoms with E-state index in [0.717, 1.165) is 101 Å². The normalized spacial score (nSPS) is 27.7. The number of phenolic OH excluding ortho intramolecular Hbond substituents is 3. The molecule has 22 atom stereocenters. The molecule has 0 aliphatic carbocycles. The highest BCUT2D eigenvalue weighted by molar-refractivity contribution is 6.32. The second kappa shape index (κ2) is 43.6. The molecule has 0 aromatic heterocycles. The van der Waals surface area contributed by atoms with Crippen molar-refractivity contribution in [3.05, 3.63) is 176 Å². The molecule has 9 amide bonds. The summed E-state index contributed by atoms with van der Waals surface area (Å²) in [4.78, 5) is 175. The zero-order chi connectivity index (χ0) is 102. The number of ether oxygens (including phenoxy) is 8.